The molecule has 1 aromatic carbocycles. The van der Waals surface area contributed by atoms with Gasteiger partial charge in [-0.05, 0) is 39.8 Å². The molecule has 1 unspecified atom stereocenters. The Morgan fingerprint density at radius 2 is 1.89 bits per heavy atom. The lowest BCUT2D eigenvalue weighted by Crippen LogP contribution is -2.48. The van der Waals surface area contributed by atoms with Crippen molar-refractivity contribution in [3.63, 3.8) is 0 Å². The van der Waals surface area contributed by atoms with Crippen LogP contribution in [0.3, 0.4) is 0 Å². The predicted octanol–water partition coefficient (Wildman–Crippen LogP) is 1.99. The number of hydrogen-bond acceptors (Lipinski definition) is 9. The minimum atomic E-state index is -4.46. The number of hydrogen-bond donors (Lipinski definition) is 3. The van der Waals surface area contributed by atoms with Gasteiger partial charge in [0.25, 0.3) is 5.56 Å². The van der Waals surface area contributed by atoms with E-state index in [9.17, 15) is 28.4 Å². The highest BCUT2D eigenvalue weighted by atomic mass is 31.2. The topological polar surface area (TPSA) is 158 Å². The SMILES string of the molecule is CC(C)OC(=O)[C@H](C)N[P@@](=O)(Oc1ccccc1)O[C@@H](C)[C@H]1O[C@@H](n2ccc(=O)[nH]c2=O)[C@@](F)(CF)C1O. The van der Waals surface area contributed by atoms with Gasteiger partial charge >= 0.3 is 19.4 Å². The van der Waals surface area contributed by atoms with E-state index in [4.69, 9.17) is 18.5 Å². The summed E-state index contributed by atoms with van der Waals surface area (Å²) in [6.07, 6.45) is -6.86. The van der Waals surface area contributed by atoms with Crippen LogP contribution in [-0.4, -0.2) is 63.4 Å². The zero-order valence-electron chi connectivity index (χ0n) is 21.1. The second-order valence-electron chi connectivity index (χ2n) is 9.02. The summed E-state index contributed by atoms with van der Waals surface area (Å²) in [6, 6.07) is 7.50. The minimum Gasteiger partial charge on any atom is -0.462 e. The van der Waals surface area contributed by atoms with E-state index in [-0.39, 0.29) is 5.75 Å². The second-order valence-corrected chi connectivity index (χ2v) is 10.7. The Labute approximate surface area is 216 Å². The zero-order valence-corrected chi connectivity index (χ0v) is 22.0. The van der Waals surface area contributed by atoms with Crippen LogP contribution in [0.1, 0.15) is 33.9 Å². The molecule has 0 aliphatic carbocycles. The number of carbonyl (C=O) groups is 1. The number of alkyl halides is 2. The van der Waals surface area contributed by atoms with Crippen molar-refractivity contribution in [1.82, 2.24) is 14.6 Å². The van der Waals surface area contributed by atoms with Crippen molar-refractivity contribution in [3.8, 4) is 5.75 Å². The monoisotopic (exact) mass is 561 g/mol. The summed E-state index contributed by atoms with van der Waals surface area (Å²) in [5.74, 6) is -0.669. The number of aliphatic hydroxyl groups is 1. The maximum atomic E-state index is 15.7. The zero-order chi connectivity index (χ0) is 28.3. The normalized spacial score (nSPS) is 26.5. The summed E-state index contributed by atoms with van der Waals surface area (Å²) in [6.45, 7) is 4.10. The van der Waals surface area contributed by atoms with Crippen molar-refractivity contribution in [3.05, 3.63) is 63.4 Å². The molecule has 0 saturated carbocycles. The van der Waals surface area contributed by atoms with Gasteiger partial charge in [-0.25, -0.2) is 18.1 Å². The van der Waals surface area contributed by atoms with Crippen LogP contribution in [0.4, 0.5) is 8.78 Å². The van der Waals surface area contributed by atoms with Gasteiger partial charge in [-0.1, -0.05) is 18.2 Å². The average Bonchev–Trinajstić information content (AvgIpc) is 3.10. The third kappa shape index (κ3) is 6.56. The molecule has 12 nitrogen and oxygen atoms in total. The number of nitrogens with one attached hydrogen (secondary N) is 2. The largest absolute Gasteiger partial charge is 0.462 e. The molecule has 1 aliphatic rings. The van der Waals surface area contributed by atoms with E-state index in [0.29, 0.717) is 4.57 Å². The van der Waals surface area contributed by atoms with Gasteiger partial charge in [-0.2, -0.15) is 5.09 Å². The van der Waals surface area contributed by atoms with Gasteiger partial charge in [-0.3, -0.25) is 23.7 Å². The summed E-state index contributed by atoms with van der Waals surface area (Å²) in [4.78, 5) is 37.8. The lowest BCUT2D eigenvalue weighted by atomic mass is 9.95. The van der Waals surface area contributed by atoms with E-state index >= 15 is 4.39 Å². The molecule has 3 rings (SSSR count). The molecule has 3 N–H and O–H groups in total. The van der Waals surface area contributed by atoms with Crippen molar-refractivity contribution in [2.24, 2.45) is 0 Å². The summed E-state index contributed by atoms with van der Waals surface area (Å²) >= 11 is 0. The third-order valence-electron chi connectivity index (χ3n) is 5.60. The molecule has 38 heavy (non-hydrogen) atoms. The predicted molar refractivity (Wildman–Crippen MR) is 130 cm³/mol. The van der Waals surface area contributed by atoms with Crippen molar-refractivity contribution < 1.29 is 41.8 Å². The number of H-pyrrole nitrogens is 1. The number of para-hydroxylation sites is 1. The Kier molecular flexibility index (Phi) is 9.26. The van der Waals surface area contributed by atoms with Gasteiger partial charge < -0.3 is 19.1 Å². The van der Waals surface area contributed by atoms with Gasteiger partial charge in [-0.15, -0.1) is 0 Å². The number of benzene rings is 1. The number of aromatic nitrogens is 2. The van der Waals surface area contributed by atoms with Crippen molar-refractivity contribution in [2.75, 3.05) is 6.67 Å². The Balaban J connectivity index is 1.89. The minimum absolute atomic E-state index is 0.0918. The van der Waals surface area contributed by atoms with Crippen molar-refractivity contribution >= 4 is 13.7 Å². The van der Waals surface area contributed by atoms with Crippen LogP contribution in [-0.2, 0) is 23.4 Å². The fraction of sp³-hybridized carbons (Fsp3) is 0.522. The molecule has 1 aromatic heterocycles. The number of aromatic amines is 1. The highest BCUT2D eigenvalue weighted by Crippen LogP contribution is 2.49. The van der Waals surface area contributed by atoms with Crippen LogP contribution in [0.25, 0.3) is 0 Å². The lowest BCUT2D eigenvalue weighted by Gasteiger charge is -2.29. The number of ether oxygens (including phenoxy) is 2. The smallest absolute Gasteiger partial charge is 0.459 e. The summed E-state index contributed by atoms with van der Waals surface area (Å²) in [5, 5.41) is 13.1. The first kappa shape index (κ1) is 29.7. The van der Waals surface area contributed by atoms with Crippen molar-refractivity contribution in [2.45, 2.75) is 70.0 Å². The van der Waals surface area contributed by atoms with Crippen LogP contribution in [0.5, 0.6) is 5.75 Å². The first-order valence-corrected chi connectivity index (χ1v) is 13.2. The fourth-order valence-electron chi connectivity index (χ4n) is 3.78. The number of rotatable bonds is 11. The highest BCUT2D eigenvalue weighted by Gasteiger charge is 2.61. The van der Waals surface area contributed by atoms with E-state index in [1.54, 1.807) is 32.0 Å². The maximum Gasteiger partial charge on any atom is 0.459 e. The molecule has 1 aliphatic heterocycles. The van der Waals surface area contributed by atoms with Gasteiger partial charge in [0.15, 0.2) is 6.23 Å². The standard InChI is InChI=1S/C23H30F2N3O9P/c1-13(2)34-20(31)14(3)27-38(33,37-16-8-6-5-7-9-16)36-15(4)18-19(30)23(25,12-24)21(35-18)28-11-10-17(29)26-22(28)32/h5-11,13-15,18-19,21,30H,12H2,1-4H3,(H,27,33)(H,26,29,32)/t14-,15-,18+,19?,21+,23+,38-/m0/s1. The van der Waals surface area contributed by atoms with E-state index in [2.05, 4.69) is 5.09 Å². The second kappa shape index (κ2) is 11.9. The summed E-state index contributed by atoms with van der Waals surface area (Å²) in [7, 11) is -4.46. The Morgan fingerprint density at radius 3 is 2.47 bits per heavy atom. The van der Waals surface area contributed by atoms with E-state index in [1.165, 1.54) is 26.0 Å². The van der Waals surface area contributed by atoms with Crippen LogP contribution in [0.15, 0.2) is 52.2 Å². The van der Waals surface area contributed by atoms with E-state index in [1.807, 2.05) is 4.98 Å². The molecule has 7 atom stereocenters. The third-order valence-corrected chi connectivity index (χ3v) is 7.37. The number of halogens is 2. The molecule has 2 aromatic rings. The van der Waals surface area contributed by atoms with E-state index < -0.39 is 74.0 Å². The quantitative estimate of drug-likeness (QED) is 0.274. The van der Waals surface area contributed by atoms with Crippen LogP contribution in [0.2, 0.25) is 0 Å². The summed E-state index contributed by atoms with van der Waals surface area (Å²) < 4.78 is 65.7. The Bertz CT molecular complexity index is 1270. The molecule has 0 radical (unpaired) electrons. The first-order valence-electron chi connectivity index (χ1n) is 11.7. The van der Waals surface area contributed by atoms with Crippen LogP contribution < -0.4 is 20.9 Å². The number of carbonyl (C=O) groups excluding carboxylic acids is 1. The lowest BCUT2D eigenvalue weighted by molar-refractivity contribution is -0.149. The number of esters is 1. The first-order chi connectivity index (χ1) is 17.8. The molecular weight excluding hydrogens is 531 g/mol. The highest BCUT2D eigenvalue weighted by molar-refractivity contribution is 7.52. The molecular formula is C23H30F2N3O9P. The Morgan fingerprint density at radius 1 is 1.24 bits per heavy atom. The maximum absolute atomic E-state index is 15.7. The molecule has 0 spiro atoms. The van der Waals surface area contributed by atoms with Gasteiger partial charge in [0.05, 0.1) is 12.2 Å². The van der Waals surface area contributed by atoms with Crippen LogP contribution in [0, 0.1) is 0 Å². The van der Waals surface area contributed by atoms with Crippen molar-refractivity contribution in [1.29, 1.82) is 0 Å². The Hall–Kier alpha value is -2.90. The van der Waals surface area contributed by atoms with Gasteiger partial charge in [0, 0.05) is 12.3 Å². The summed E-state index contributed by atoms with van der Waals surface area (Å²) in [5.41, 5.74) is -5.01. The molecule has 2 heterocycles. The fourth-order valence-corrected chi connectivity index (χ4v) is 5.47. The van der Waals surface area contributed by atoms with Gasteiger partial charge in [0.2, 0.25) is 5.67 Å². The van der Waals surface area contributed by atoms with Gasteiger partial charge in [0.1, 0.15) is 30.7 Å². The molecule has 1 fully saturated rings. The number of nitrogens with zero attached hydrogens (tertiary/aromatic N) is 1. The molecule has 0 amide bonds. The number of aliphatic hydroxyl groups excluding tert-OH is 1. The average molecular weight is 561 g/mol. The van der Waals surface area contributed by atoms with Crippen LogP contribution >= 0.6 is 7.75 Å². The molecule has 1 saturated heterocycles. The molecule has 210 valence electrons. The molecule has 0 bridgehead atoms. The molecule has 15 heteroatoms. The van der Waals surface area contributed by atoms with E-state index in [0.717, 1.165) is 12.3 Å².